The first-order valence-electron chi connectivity index (χ1n) is 10.0. The fourth-order valence-electron chi connectivity index (χ4n) is 4.25. The van der Waals surface area contributed by atoms with Gasteiger partial charge in [0.05, 0.1) is 17.2 Å². The van der Waals surface area contributed by atoms with Gasteiger partial charge in [0.15, 0.2) is 5.82 Å². The van der Waals surface area contributed by atoms with Crippen LogP contribution in [0.15, 0.2) is 66.7 Å². The van der Waals surface area contributed by atoms with Crippen molar-refractivity contribution >= 4 is 23.5 Å². The lowest BCUT2D eigenvalue weighted by molar-refractivity contribution is -0.141. The Morgan fingerprint density at radius 1 is 1.03 bits per heavy atom. The minimum Gasteiger partial charge on any atom is -0.480 e. The van der Waals surface area contributed by atoms with Crippen LogP contribution in [-0.4, -0.2) is 27.9 Å². The number of nitriles is 1. The molecule has 1 aliphatic rings. The van der Waals surface area contributed by atoms with E-state index in [0.717, 1.165) is 0 Å². The van der Waals surface area contributed by atoms with Crippen LogP contribution in [0.25, 0.3) is 11.1 Å². The van der Waals surface area contributed by atoms with Crippen molar-refractivity contribution in [2.45, 2.75) is 24.9 Å². The summed E-state index contributed by atoms with van der Waals surface area (Å²) >= 11 is 6.35. The van der Waals surface area contributed by atoms with Crippen LogP contribution >= 0.6 is 11.6 Å². The van der Waals surface area contributed by atoms with Gasteiger partial charge in [-0.3, -0.25) is 4.79 Å². The zero-order chi connectivity index (χ0) is 22.8. The Morgan fingerprint density at radius 2 is 1.72 bits per heavy atom. The van der Waals surface area contributed by atoms with Crippen LogP contribution < -0.4 is 0 Å². The van der Waals surface area contributed by atoms with Crippen molar-refractivity contribution in [3.63, 3.8) is 0 Å². The highest BCUT2D eigenvalue weighted by atomic mass is 35.5. The number of benzene rings is 3. The lowest BCUT2D eigenvalue weighted by Gasteiger charge is -2.30. The number of aliphatic carboxylic acids is 1. The Hall–Kier alpha value is -3.69. The summed E-state index contributed by atoms with van der Waals surface area (Å²) in [5.74, 6) is -2.92. The number of carboxylic acid groups (broad SMARTS) is 1. The molecule has 0 spiro atoms. The van der Waals surface area contributed by atoms with E-state index >= 15 is 4.39 Å². The molecule has 7 heteroatoms. The first-order chi connectivity index (χ1) is 15.4. The summed E-state index contributed by atoms with van der Waals surface area (Å²) in [6.07, 6.45) is 0.573. The van der Waals surface area contributed by atoms with Crippen LogP contribution in [0, 0.1) is 17.1 Å². The molecule has 0 bridgehead atoms. The third-order valence-electron chi connectivity index (χ3n) is 5.73. The molecule has 1 saturated heterocycles. The van der Waals surface area contributed by atoms with Crippen molar-refractivity contribution in [1.29, 1.82) is 5.26 Å². The number of carboxylic acids is 1. The van der Waals surface area contributed by atoms with Crippen LogP contribution in [0.2, 0.25) is 5.02 Å². The highest BCUT2D eigenvalue weighted by Crippen LogP contribution is 2.41. The average molecular weight is 449 g/mol. The van der Waals surface area contributed by atoms with Gasteiger partial charge in [0, 0.05) is 5.02 Å². The van der Waals surface area contributed by atoms with Crippen molar-refractivity contribution in [3.8, 4) is 17.2 Å². The Kier molecular flexibility index (Phi) is 5.93. The molecular formula is C25H18ClFN2O3. The van der Waals surface area contributed by atoms with Gasteiger partial charge in [-0.1, -0.05) is 66.2 Å². The molecule has 1 fully saturated rings. The number of hydrogen-bond acceptors (Lipinski definition) is 3. The van der Waals surface area contributed by atoms with E-state index in [1.807, 2.05) is 0 Å². The summed E-state index contributed by atoms with van der Waals surface area (Å²) in [5, 5.41) is 19.5. The predicted octanol–water partition coefficient (Wildman–Crippen LogP) is 5.45. The van der Waals surface area contributed by atoms with Gasteiger partial charge in [0.2, 0.25) is 0 Å². The summed E-state index contributed by atoms with van der Waals surface area (Å²) in [6, 6.07) is 18.5. The molecule has 1 N–H and O–H groups in total. The fourth-order valence-corrected chi connectivity index (χ4v) is 4.51. The number of amides is 1. The van der Waals surface area contributed by atoms with Crippen LogP contribution in [0.5, 0.6) is 0 Å². The first kappa shape index (κ1) is 21.5. The van der Waals surface area contributed by atoms with E-state index < -0.39 is 29.8 Å². The van der Waals surface area contributed by atoms with E-state index in [-0.39, 0.29) is 17.5 Å². The van der Waals surface area contributed by atoms with Crippen molar-refractivity contribution in [1.82, 2.24) is 4.90 Å². The molecule has 0 saturated carbocycles. The van der Waals surface area contributed by atoms with Crippen molar-refractivity contribution in [2.75, 3.05) is 0 Å². The molecule has 3 aromatic carbocycles. The smallest absolute Gasteiger partial charge is 0.326 e. The second-order valence-electron chi connectivity index (χ2n) is 7.51. The summed E-state index contributed by atoms with van der Waals surface area (Å²) in [4.78, 5) is 27.0. The molecule has 1 aliphatic heterocycles. The standard InChI is InChI=1S/C25H18ClFN2O3/c26-19-9-5-4-8-18(19)20-12-13-21(25(31)32)29(20)24(30)22-17(15-6-2-1-3-7-15)11-10-16(14-28)23(22)27/h1-11,20-21H,12-13H2,(H,31,32). The van der Waals surface area contributed by atoms with Crippen molar-refractivity contribution < 1.29 is 19.1 Å². The maximum atomic E-state index is 15.4. The molecule has 4 rings (SSSR count). The number of carbonyl (C=O) groups excluding carboxylic acids is 1. The molecule has 0 aliphatic carbocycles. The van der Waals surface area contributed by atoms with E-state index in [2.05, 4.69) is 0 Å². The lowest BCUT2D eigenvalue weighted by Crippen LogP contribution is -2.42. The SMILES string of the molecule is N#Cc1ccc(-c2ccccc2)c(C(=O)N2C(C(=O)O)CCC2c2ccccc2Cl)c1F. The quantitative estimate of drug-likeness (QED) is 0.575. The third-order valence-corrected chi connectivity index (χ3v) is 6.07. The van der Waals surface area contributed by atoms with Crippen LogP contribution in [-0.2, 0) is 4.79 Å². The largest absolute Gasteiger partial charge is 0.480 e. The number of hydrogen-bond donors (Lipinski definition) is 1. The van der Waals surface area contributed by atoms with E-state index in [9.17, 15) is 20.0 Å². The Bertz CT molecular complexity index is 1240. The highest BCUT2D eigenvalue weighted by molar-refractivity contribution is 6.31. The van der Waals surface area contributed by atoms with E-state index in [1.165, 1.54) is 17.0 Å². The minimum atomic E-state index is -1.17. The summed E-state index contributed by atoms with van der Waals surface area (Å²) in [5.41, 5.74) is 0.874. The second kappa shape index (κ2) is 8.81. The van der Waals surface area contributed by atoms with Crippen molar-refractivity contribution in [2.24, 2.45) is 0 Å². The Labute approximate surface area is 189 Å². The highest BCUT2D eigenvalue weighted by Gasteiger charge is 2.44. The van der Waals surface area contributed by atoms with Gasteiger partial charge >= 0.3 is 5.97 Å². The van der Waals surface area contributed by atoms with Crippen molar-refractivity contribution in [3.05, 3.63) is 94.3 Å². The Balaban J connectivity index is 1.90. The van der Waals surface area contributed by atoms with Gasteiger partial charge in [-0.05, 0) is 41.7 Å². The zero-order valence-electron chi connectivity index (χ0n) is 16.8. The Morgan fingerprint density at radius 3 is 2.38 bits per heavy atom. The molecule has 0 radical (unpaired) electrons. The summed E-state index contributed by atoms with van der Waals surface area (Å²) < 4.78 is 15.4. The summed E-state index contributed by atoms with van der Waals surface area (Å²) in [7, 11) is 0. The molecule has 160 valence electrons. The summed E-state index contributed by atoms with van der Waals surface area (Å²) in [6.45, 7) is 0. The van der Waals surface area contributed by atoms with E-state index in [1.54, 1.807) is 60.7 Å². The van der Waals surface area contributed by atoms with Crippen LogP contribution in [0.4, 0.5) is 4.39 Å². The van der Waals surface area contributed by atoms with Gasteiger partial charge < -0.3 is 10.0 Å². The predicted molar refractivity (Wildman–Crippen MR) is 118 cm³/mol. The lowest BCUT2D eigenvalue weighted by atomic mass is 9.95. The van der Waals surface area contributed by atoms with Gasteiger partial charge in [-0.15, -0.1) is 0 Å². The average Bonchev–Trinajstić information content (AvgIpc) is 3.24. The van der Waals surface area contributed by atoms with Crippen LogP contribution in [0.3, 0.4) is 0 Å². The maximum Gasteiger partial charge on any atom is 0.326 e. The molecule has 32 heavy (non-hydrogen) atoms. The van der Waals surface area contributed by atoms with E-state index in [0.29, 0.717) is 28.1 Å². The van der Waals surface area contributed by atoms with E-state index in [4.69, 9.17) is 11.6 Å². The maximum absolute atomic E-state index is 15.4. The van der Waals surface area contributed by atoms with Gasteiger partial charge in [0.25, 0.3) is 5.91 Å². The molecule has 0 aromatic heterocycles. The zero-order valence-corrected chi connectivity index (χ0v) is 17.6. The fraction of sp³-hybridized carbons (Fsp3) is 0.160. The minimum absolute atomic E-state index is 0.206. The van der Waals surface area contributed by atoms with Gasteiger partial charge in [-0.2, -0.15) is 5.26 Å². The molecule has 1 amide bonds. The first-order valence-corrected chi connectivity index (χ1v) is 10.4. The number of likely N-dealkylation sites (tertiary alicyclic amines) is 1. The molecule has 2 atom stereocenters. The molecule has 1 heterocycles. The number of carbonyl (C=O) groups is 2. The molecular weight excluding hydrogens is 431 g/mol. The number of nitrogens with zero attached hydrogens (tertiary/aromatic N) is 2. The number of rotatable bonds is 4. The van der Waals surface area contributed by atoms with Gasteiger partial charge in [0.1, 0.15) is 12.1 Å². The normalized spacial score (nSPS) is 17.7. The molecule has 2 unspecified atom stereocenters. The van der Waals surface area contributed by atoms with Crippen LogP contribution in [0.1, 0.15) is 40.4 Å². The second-order valence-corrected chi connectivity index (χ2v) is 7.92. The molecule has 5 nitrogen and oxygen atoms in total. The third kappa shape index (κ3) is 3.72. The molecule has 3 aromatic rings. The van der Waals surface area contributed by atoms with Gasteiger partial charge in [-0.25, -0.2) is 9.18 Å². The monoisotopic (exact) mass is 448 g/mol. The number of halogens is 2. The topological polar surface area (TPSA) is 81.4 Å².